The molecule has 0 aromatic rings. The molecule has 11 heavy (non-hydrogen) atoms. The van der Waals surface area contributed by atoms with Gasteiger partial charge in [0.1, 0.15) is 4.66 Å². The summed E-state index contributed by atoms with van der Waals surface area (Å²) in [6.07, 6.45) is 1.65. The first-order valence-electron chi connectivity index (χ1n) is 3.36. The molecule has 0 aliphatic carbocycles. The predicted octanol–water partition coefficient (Wildman–Crippen LogP) is -0.00290. The second-order valence-corrected chi connectivity index (χ2v) is 5.22. The summed E-state index contributed by atoms with van der Waals surface area (Å²) >= 11 is 2.86. The van der Waals surface area contributed by atoms with E-state index in [0.29, 0.717) is 13.1 Å². The highest BCUT2D eigenvalue weighted by Crippen LogP contribution is 1.91. The maximum atomic E-state index is 10.8. The second kappa shape index (κ2) is 5.93. The van der Waals surface area contributed by atoms with Crippen LogP contribution in [-0.2, 0) is 10.0 Å². The van der Waals surface area contributed by atoms with Crippen molar-refractivity contribution < 1.29 is 8.42 Å². The van der Waals surface area contributed by atoms with E-state index in [1.807, 2.05) is 0 Å². The van der Waals surface area contributed by atoms with Crippen molar-refractivity contribution in [1.29, 1.82) is 0 Å². The van der Waals surface area contributed by atoms with Crippen molar-refractivity contribution in [3.63, 3.8) is 0 Å². The smallest absolute Gasteiger partial charge is 0.221 e. The second-order valence-electron chi connectivity index (χ2n) is 2.11. The molecule has 0 rings (SSSR count). The third-order valence-corrected chi connectivity index (χ3v) is 3.84. The fourth-order valence-corrected chi connectivity index (χ4v) is 1.55. The van der Waals surface area contributed by atoms with Gasteiger partial charge in [0.2, 0.25) is 10.0 Å². The summed E-state index contributed by atoms with van der Waals surface area (Å²) < 4.78 is 23.9. The zero-order valence-corrected chi connectivity index (χ0v) is 8.62. The van der Waals surface area contributed by atoms with E-state index in [1.54, 1.807) is 0 Å². The van der Waals surface area contributed by atoms with Crippen molar-refractivity contribution in [2.75, 3.05) is 17.8 Å². The number of unbranched alkanes of at least 4 members (excludes halogenated alkanes) is 1. The Labute approximate surface area is 75.7 Å². The van der Waals surface area contributed by atoms with E-state index in [2.05, 4.69) is 20.7 Å². The Kier molecular flexibility index (Phi) is 6.12. The van der Waals surface area contributed by atoms with Crippen LogP contribution in [0.2, 0.25) is 0 Å². The first-order chi connectivity index (χ1) is 5.12. The standard InChI is InChI=1S/C5H13BrN2O2S/c6-5-11(9,10)8-4-2-1-3-7/h8H,1-5,7H2. The zero-order chi connectivity index (χ0) is 8.74. The molecule has 0 aliphatic rings. The van der Waals surface area contributed by atoms with Crippen LogP contribution in [0.25, 0.3) is 0 Å². The number of halogens is 1. The lowest BCUT2D eigenvalue weighted by molar-refractivity contribution is 0.582. The number of hydrogen-bond acceptors (Lipinski definition) is 3. The van der Waals surface area contributed by atoms with E-state index in [1.165, 1.54) is 0 Å². The molecule has 0 bridgehead atoms. The van der Waals surface area contributed by atoms with Crippen LogP contribution in [0, 0.1) is 0 Å². The van der Waals surface area contributed by atoms with Crippen molar-refractivity contribution in [3.8, 4) is 0 Å². The molecule has 0 aromatic heterocycles. The van der Waals surface area contributed by atoms with Crippen molar-refractivity contribution in [3.05, 3.63) is 0 Å². The summed E-state index contributed by atoms with van der Waals surface area (Å²) in [4.78, 5) is 0. The largest absolute Gasteiger partial charge is 0.330 e. The Morgan fingerprint density at radius 3 is 2.45 bits per heavy atom. The highest BCUT2D eigenvalue weighted by Gasteiger charge is 2.04. The van der Waals surface area contributed by atoms with Gasteiger partial charge in [-0.25, -0.2) is 13.1 Å². The molecule has 4 nitrogen and oxygen atoms in total. The van der Waals surface area contributed by atoms with Crippen LogP contribution < -0.4 is 10.5 Å². The molecule has 0 heterocycles. The maximum absolute atomic E-state index is 10.8. The van der Waals surface area contributed by atoms with E-state index in [9.17, 15) is 8.42 Å². The summed E-state index contributed by atoms with van der Waals surface area (Å²) in [6, 6.07) is 0. The fourth-order valence-electron chi connectivity index (χ4n) is 0.536. The number of hydrogen-bond donors (Lipinski definition) is 2. The molecule has 0 fully saturated rings. The van der Waals surface area contributed by atoms with Crippen molar-refractivity contribution >= 4 is 26.0 Å². The predicted molar refractivity (Wildman–Crippen MR) is 49.0 cm³/mol. The van der Waals surface area contributed by atoms with E-state index < -0.39 is 10.0 Å². The Bertz CT molecular complexity index is 181. The van der Waals surface area contributed by atoms with E-state index in [-0.39, 0.29) is 4.66 Å². The van der Waals surface area contributed by atoms with E-state index in [0.717, 1.165) is 12.8 Å². The van der Waals surface area contributed by atoms with Gasteiger partial charge in [-0.05, 0) is 19.4 Å². The average Bonchev–Trinajstić information content (AvgIpc) is 1.99. The molecule has 0 unspecified atom stereocenters. The lowest BCUT2D eigenvalue weighted by atomic mass is 10.3. The van der Waals surface area contributed by atoms with Crippen LogP contribution >= 0.6 is 15.9 Å². The van der Waals surface area contributed by atoms with Gasteiger partial charge in [-0.2, -0.15) is 0 Å². The number of nitrogens with two attached hydrogens (primary N) is 1. The average molecular weight is 245 g/mol. The van der Waals surface area contributed by atoms with Gasteiger partial charge < -0.3 is 5.73 Å². The van der Waals surface area contributed by atoms with Crippen LogP contribution in [0.4, 0.5) is 0 Å². The van der Waals surface area contributed by atoms with Crippen LogP contribution in [0.3, 0.4) is 0 Å². The lowest BCUT2D eigenvalue weighted by Gasteiger charge is -2.01. The van der Waals surface area contributed by atoms with Gasteiger partial charge in [0.25, 0.3) is 0 Å². The maximum Gasteiger partial charge on any atom is 0.221 e. The minimum absolute atomic E-state index is 0.0391. The Morgan fingerprint density at radius 1 is 1.36 bits per heavy atom. The first kappa shape index (κ1) is 11.4. The molecule has 0 spiro atoms. The molecule has 0 aromatic carbocycles. The summed E-state index contributed by atoms with van der Waals surface area (Å²) in [5.41, 5.74) is 5.22. The van der Waals surface area contributed by atoms with Crippen molar-refractivity contribution in [1.82, 2.24) is 4.72 Å². The molecule has 0 amide bonds. The highest BCUT2D eigenvalue weighted by atomic mass is 79.9. The topological polar surface area (TPSA) is 72.2 Å². The Balaban J connectivity index is 3.39. The number of nitrogens with one attached hydrogen (secondary N) is 1. The number of rotatable bonds is 6. The molecular formula is C5H13BrN2O2S. The molecule has 3 N–H and O–H groups in total. The quantitative estimate of drug-likeness (QED) is 0.511. The van der Waals surface area contributed by atoms with Crippen LogP contribution in [0.1, 0.15) is 12.8 Å². The highest BCUT2D eigenvalue weighted by molar-refractivity contribution is 9.10. The SMILES string of the molecule is NCCCCNS(=O)(=O)CBr. The fraction of sp³-hybridized carbons (Fsp3) is 1.00. The zero-order valence-electron chi connectivity index (χ0n) is 6.22. The minimum atomic E-state index is -3.07. The molecule has 0 radical (unpaired) electrons. The molecule has 0 atom stereocenters. The van der Waals surface area contributed by atoms with E-state index in [4.69, 9.17) is 5.73 Å². The normalized spacial score (nSPS) is 11.8. The van der Waals surface area contributed by atoms with Crippen LogP contribution in [0.5, 0.6) is 0 Å². The summed E-state index contributed by atoms with van der Waals surface area (Å²) in [5, 5.41) is 0. The third kappa shape index (κ3) is 6.74. The summed E-state index contributed by atoms with van der Waals surface area (Å²) in [5.74, 6) is 0. The lowest BCUT2D eigenvalue weighted by Crippen LogP contribution is -2.25. The third-order valence-electron chi connectivity index (χ3n) is 1.10. The monoisotopic (exact) mass is 244 g/mol. The molecular weight excluding hydrogens is 232 g/mol. The Hall–Kier alpha value is 0.350. The molecule has 0 saturated heterocycles. The first-order valence-corrected chi connectivity index (χ1v) is 6.13. The van der Waals surface area contributed by atoms with Crippen LogP contribution in [0.15, 0.2) is 0 Å². The van der Waals surface area contributed by atoms with Gasteiger partial charge >= 0.3 is 0 Å². The van der Waals surface area contributed by atoms with Gasteiger partial charge in [0, 0.05) is 6.54 Å². The van der Waals surface area contributed by atoms with Gasteiger partial charge in [-0.15, -0.1) is 0 Å². The summed E-state index contributed by atoms with van der Waals surface area (Å²) in [7, 11) is -3.07. The summed E-state index contributed by atoms with van der Waals surface area (Å²) in [6.45, 7) is 1.08. The number of alkyl halides is 1. The van der Waals surface area contributed by atoms with Crippen LogP contribution in [-0.4, -0.2) is 26.2 Å². The van der Waals surface area contributed by atoms with E-state index >= 15 is 0 Å². The van der Waals surface area contributed by atoms with Crippen molar-refractivity contribution in [2.24, 2.45) is 5.73 Å². The van der Waals surface area contributed by atoms with Gasteiger partial charge in [0.15, 0.2) is 0 Å². The molecule has 0 saturated carbocycles. The van der Waals surface area contributed by atoms with Gasteiger partial charge in [0.05, 0.1) is 0 Å². The molecule has 0 aliphatic heterocycles. The minimum Gasteiger partial charge on any atom is -0.330 e. The molecule has 6 heteroatoms. The van der Waals surface area contributed by atoms with Gasteiger partial charge in [-0.1, -0.05) is 15.9 Å². The van der Waals surface area contributed by atoms with Gasteiger partial charge in [-0.3, -0.25) is 0 Å². The van der Waals surface area contributed by atoms with Crippen molar-refractivity contribution in [2.45, 2.75) is 12.8 Å². The molecule has 68 valence electrons. The Morgan fingerprint density at radius 2 is 2.00 bits per heavy atom. The number of sulfonamides is 1.